The van der Waals surface area contributed by atoms with Crippen LogP contribution in [0.1, 0.15) is 19.0 Å². The zero-order valence-electron chi connectivity index (χ0n) is 8.73. The summed E-state index contributed by atoms with van der Waals surface area (Å²) < 4.78 is 0. The van der Waals surface area contributed by atoms with Crippen molar-refractivity contribution in [2.45, 2.75) is 19.9 Å². The van der Waals surface area contributed by atoms with E-state index in [2.05, 4.69) is 9.88 Å². The summed E-state index contributed by atoms with van der Waals surface area (Å²) in [6.07, 6.45) is 2.40. The van der Waals surface area contributed by atoms with Crippen molar-refractivity contribution >= 4 is 5.78 Å². The molecule has 0 aliphatic heterocycles. The molecule has 1 heterocycles. The van der Waals surface area contributed by atoms with Crippen LogP contribution in [0.3, 0.4) is 0 Å². The first kappa shape index (κ1) is 10.9. The Hall–Kier alpha value is -1.22. The summed E-state index contributed by atoms with van der Waals surface area (Å²) in [6, 6.07) is 5.87. The Morgan fingerprint density at radius 1 is 1.50 bits per heavy atom. The van der Waals surface area contributed by atoms with E-state index in [4.69, 9.17) is 0 Å². The number of hydrogen-bond acceptors (Lipinski definition) is 3. The highest BCUT2D eigenvalue weighted by molar-refractivity contribution is 5.75. The normalized spacial score (nSPS) is 10.5. The number of ketones is 1. The molecule has 0 saturated carbocycles. The van der Waals surface area contributed by atoms with E-state index in [1.807, 2.05) is 25.2 Å². The lowest BCUT2D eigenvalue weighted by molar-refractivity contribution is -0.117. The molecule has 76 valence electrons. The molecule has 0 bridgehead atoms. The molecule has 0 saturated heterocycles. The highest BCUT2D eigenvalue weighted by Crippen LogP contribution is 1.99. The summed E-state index contributed by atoms with van der Waals surface area (Å²) in [6.45, 7) is 3.22. The Balaban J connectivity index is 2.34. The Morgan fingerprint density at radius 3 is 2.86 bits per heavy atom. The largest absolute Gasteiger partial charge is 0.300 e. The zero-order chi connectivity index (χ0) is 10.4. The van der Waals surface area contributed by atoms with Crippen LogP contribution in [0.4, 0.5) is 0 Å². The molecule has 1 rings (SSSR count). The first-order valence-corrected chi connectivity index (χ1v) is 4.76. The van der Waals surface area contributed by atoms with Crippen molar-refractivity contribution in [3.05, 3.63) is 30.1 Å². The molecular formula is C11H16N2O. The fourth-order valence-electron chi connectivity index (χ4n) is 1.20. The molecule has 1 aromatic heterocycles. The maximum atomic E-state index is 10.8. The van der Waals surface area contributed by atoms with Crippen LogP contribution in [0.5, 0.6) is 0 Å². The van der Waals surface area contributed by atoms with Gasteiger partial charge in [0.15, 0.2) is 0 Å². The summed E-state index contributed by atoms with van der Waals surface area (Å²) in [5, 5.41) is 0. The van der Waals surface area contributed by atoms with Gasteiger partial charge in [0.05, 0.1) is 5.69 Å². The van der Waals surface area contributed by atoms with E-state index >= 15 is 0 Å². The fraction of sp³-hybridized carbons (Fsp3) is 0.455. The first-order valence-electron chi connectivity index (χ1n) is 4.76. The number of aromatic nitrogens is 1. The van der Waals surface area contributed by atoms with Gasteiger partial charge >= 0.3 is 0 Å². The molecule has 0 amide bonds. The molecule has 0 aromatic carbocycles. The van der Waals surface area contributed by atoms with Crippen molar-refractivity contribution in [1.82, 2.24) is 9.88 Å². The topological polar surface area (TPSA) is 33.2 Å². The third-order valence-electron chi connectivity index (χ3n) is 2.00. The van der Waals surface area contributed by atoms with Gasteiger partial charge in [-0.2, -0.15) is 0 Å². The molecule has 0 aliphatic rings. The molecule has 3 nitrogen and oxygen atoms in total. The number of Topliss-reactive ketones (excluding diaryl/α,β-unsaturated/α-hetero) is 1. The second-order valence-corrected chi connectivity index (χ2v) is 3.51. The molecule has 3 heteroatoms. The maximum Gasteiger partial charge on any atom is 0.131 e. The van der Waals surface area contributed by atoms with Crippen LogP contribution in [0.2, 0.25) is 0 Å². The van der Waals surface area contributed by atoms with Crippen molar-refractivity contribution in [2.24, 2.45) is 0 Å². The minimum atomic E-state index is 0.234. The van der Waals surface area contributed by atoms with Gasteiger partial charge in [-0.15, -0.1) is 0 Å². The van der Waals surface area contributed by atoms with Crippen LogP contribution < -0.4 is 0 Å². The number of carbonyl (C=O) groups is 1. The van der Waals surface area contributed by atoms with Crippen LogP contribution in [0.15, 0.2) is 24.4 Å². The summed E-state index contributed by atoms with van der Waals surface area (Å²) in [5.74, 6) is 0.234. The Bertz CT molecular complexity index is 285. The highest BCUT2D eigenvalue weighted by atomic mass is 16.1. The average molecular weight is 192 g/mol. The Labute approximate surface area is 84.8 Å². The molecule has 0 spiro atoms. The summed E-state index contributed by atoms with van der Waals surface area (Å²) in [5.41, 5.74) is 1.04. The number of nitrogens with zero attached hydrogens (tertiary/aromatic N) is 2. The molecule has 0 atom stereocenters. The monoisotopic (exact) mass is 192 g/mol. The van der Waals surface area contributed by atoms with Gasteiger partial charge in [0.25, 0.3) is 0 Å². The number of rotatable bonds is 5. The lowest BCUT2D eigenvalue weighted by Crippen LogP contribution is -2.21. The van der Waals surface area contributed by atoms with Gasteiger partial charge in [-0.1, -0.05) is 6.07 Å². The molecule has 0 fully saturated rings. The minimum Gasteiger partial charge on any atom is -0.300 e. The molecular weight excluding hydrogens is 176 g/mol. The van der Waals surface area contributed by atoms with E-state index in [0.29, 0.717) is 6.42 Å². The first-order chi connectivity index (χ1) is 6.68. The predicted octanol–water partition coefficient (Wildman–Crippen LogP) is 1.49. The van der Waals surface area contributed by atoms with Crippen LogP contribution in [0, 0.1) is 0 Å². The fourth-order valence-corrected chi connectivity index (χ4v) is 1.20. The van der Waals surface area contributed by atoms with Crippen LogP contribution in [-0.4, -0.2) is 29.3 Å². The average Bonchev–Trinajstić information content (AvgIpc) is 2.16. The smallest absolute Gasteiger partial charge is 0.131 e. The number of pyridine rings is 1. The van der Waals surface area contributed by atoms with Gasteiger partial charge in [0.1, 0.15) is 5.78 Å². The van der Waals surface area contributed by atoms with E-state index in [1.165, 1.54) is 0 Å². The molecule has 0 aliphatic carbocycles. The zero-order valence-corrected chi connectivity index (χ0v) is 8.73. The van der Waals surface area contributed by atoms with Gasteiger partial charge in [0, 0.05) is 25.7 Å². The Kier molecular flexibility index (Phi) is 4.26. The van der Waals surface area contributed by atoms with Crippen LogP contribution >= 0.6 is 0 Å². The molecule has 0 unspecified atom stereocenters. The Morgan fingerprint density at radius 2 is 2.29 bits per heavy atom. The lowest BCUT2D eigenvalue weighted by atomic mass is 10.3. The minimum absolute atomic E-state index is 0.234. The van der Waals surface area contributed by atoms with E-state index < -0.39 is 0 Å². The molecule has 14 heavy (non-hydrogen) atoms. The van der Waals surface area contributed by atoms with Crippen molar-refractivity contribution in [1.29, 1.82) is 0 Å². The van der Waals surface area contributed by atoms with Gasteiger partial charge < -0.3 is 4.90 Å². The summed E-state index contributed by atoms with van der Waals surface area (Å²) >= 11 is 0. The van der Waals surface area contributed by atoms with E-state index in [1.54, 1.807) is 13.1 Å². The van der Waals surface area contributed by atoms with Crippen molar-refractivity contribution in [3.8, 4) is 0 Å². The van der Waals surface area contributed by atoms with Crippen molar-refractivity contribution < 1.29 is 4.79 Å². The van der Waals surface area contributed by atoms with E-state index in [-0.39, 0.29) is 5.78 Å². The third-order valence-corrected chi connectivity index (χ3v) is 2.00. The highest BCUT2D eigenvalue weighted by Gasteiger charge is 2.01. The standard InChI is InChI=1S/C11H16N2O/c1-10(14)6-8-13(2)9-11-5-3-4-7-12-11/h3-5,7H,6,8-9H2,1-2H3. The van der Waals surface area contributed by atoms with Gasteiger partial charge in [0.2, 0.25) is 0 Å². The lowest BCUT2D eigenvalue weighted by Gasteiger charge is -2.14. The molecule has 0 radical (unpaired) electrons. The predicted molar refractivity (Wildman–Crippen MR) is 55.9 cm³/mol. The number of hydrogen-bond donors (Lipinski definition) is 0. The summed E-state index contributed by atoms with van der Waals surface area (Å²) in [4.78, 5) is 17.1. The van der Waals surface area contributed by atoms with Crippen molar-refractivity contribution in [3.63, 3.8) is 0 Å². The SMILES string of the molecule is CC(=O)CCN(C)Cc1ccccn1. The third kappa shape index (κ3) is 4.14. The van der Waals surface area contributed by atoms with Gasteiger partial charge in [-0.3, -0.25) is 9.78 Å². The van der Waals surface area contributed by atoms with E-state index in [0.717, 1.165) is 18.8 Å². The van der Waals surface area contributed by atoms with Gasteiger partial charge in [-0.25, -0.2) is 0 Å². The van der Waals surface area contributed by atoms with E-state index in [9.17, 15) is 4.79 Å². The van der Waals surface area contributed by atoms with Crippen molar-refractivity contribution in [2.75, 3.05) is 13.6 Å². The number of carbonyl (C=O) groups excluding carboxylic acids is 1. The van der Waals surface area contributed by atoms with Crippen LogP contribution in [-0.2, 0) is 11.3 Å². The molecule has 1 aromatic rings. The second-order valence-electron chi connectivity index (χ2n) is 3.51. The quantitative estimate of drug-likeness (QED) is 0.708. The summed E-state index contributed by atoms with van der Waals surface area (Å²) in [7, 11) is 2.00. The van der Waals surface area contributed by atoms with Gasteiger partial charge in [-0.05, 0) is 26.1 Å². The molecule has 0 N–H and O–H groups in total. The van der Waals surface area contributed by atoms with Crippen LogP contribution in [0.25, 0.3) is 0 Å². The second kappa shape index (κ2) is 5.50. The maximum absolute atomic E-state index is 10.8.